The van der Waals surface area contributed by atoms with E-state index in [0.717, 1.165) is 11.4 Å². The van der Waals surface area contributed by atoms with E-state index in [0.29, 0.717) is 6.54 Å². The van der Waals surface area contributed by atoms with E-state index in [4.69, 9.17) is 0 Å². The summed E-state index contributed by atoms with van der Waals surface area (Å²) in [5, 5.41) is 2.71. The van der Waals surface area contributed by atoms with Crippen LogP contribution in [-0.4, -0.2) is 22.9 Å². The maximum atomic E-state index is 11.1. The molecule has 1 aromatic heterocycles. The van der Waals surface area contributed by atoms with Crippen molar-refractivity contribution in [2.75, 3.05) is 12.8 Å². The average Bonchev–Trinajstić information content (AvgIpc) is 2.18. The molecule has 1 amide bonds. The molecule has 0 aliphatic rings. The molecular formula is C10H15N2O2S+. The Hall–Kier alpha value is -1.23. The first-order valence-electron chi connectivity index (χ1n) is 4.66. The first-order valence-corrected chi connectivity index (χ1v) is 6.22. The Kier molecular flexibility index (Phi) is 4.42. The molecule has 0 bridgehead atoms. The second-order valence-corrected chi connectivity index (χ2v) is 4.59. The maximum Gasteiger partial charge on any atom is 0.217 e. The van der Waals surface area contributed by atoms with E-state index in [-0.39, 0.29) is 5.91 Å². The van der Waals surface area contributed by atoms with Crippen LogP contribution < -0.4 is 9.88 Å². The topological polar surface area (TPSA) is 50.1 Å². The molecule has 15 heavy (non-hydrogen) atoms. The van der Waals surface area contributed by atoms with Crippen molar-refractivity contribution in [2.24, 2.45) is 0 Å². The van der Waals surface area contributed by atoms with Crippen molar-refractivity contribution in [3.63, 3.8) is 0 Å². The van der Waals surface area contributed by atoms with Crippen LogP contribution in [0.1, 0.15) is 6.92 Å². The molecule has 0 saturated carbocycles. The molecule has 1 unspecified atom stereocenters. The Bertz CT molecular complexity index is 362. The smallest absolute Gasteiger partial charge is 0.217 e. The predicted molar refractivity (Wildman–Crippen MR) is 57.7 cm³/mol. The van der Waals surface area contributed by atoms with E-state index in [1.165, 1.54) is 6.92 Å². The lowest BCUT2D eigenvalue weighted by Crippen LogP contribution is -2.39. The van der Waals surface area contributed by atoms with E-state index in [2.05, 4.69) is 5.32 Å². The van der Waals surface area contributed by atoms with Gasteiger partial charge in [-0.1, -0.05) is 0 Å². The number of hydrogen-bond donors (Lipinski definition) is 1. The van der Waals surface area contributed by atoms with Crippen molar-refractivity contribution >= 4 is 16.7 Å². The van der Waals surface area contributed by atoms with Crippen molar-refractivity contribution in [1.82, 2.24) is 5.32 Å². The van der Waals surface area contributed by atoms with E-state index >= 15 is 0 Å². The average molecular weight is 227 g/mol. The van der Waals surface area contributed by atoms with Gasteiger partial charge in [0.15, 0.2) is 18.9 Å². The molecule has 0 aromatic carbocycles. The third-order valence-corrected chi connectivity index (χ3v) is 2.87. The van der Waals surface area contributed by atoms with Gasteiger partial charge in [0, 0.05) is 25.3 Å². The SMILES string of the molecule is CC(=O)NCC[n+]1ccc(S(C)=O)cc1. The van der Waals surface area contributed by atoms with Gasteiger partial charge in [-0.3, -0.25) is 9.00 Å². The summed E-state index contributed by atoms with van der Waals surface area (Å²) < 4.78 is 13.0. The van der Waals surface area contributed by atoms with E-state index in [9.17, 15) is 9.00 Å². The van der Waals surface area contributed by atoms with Gasteiger partial charge in [-0.25, -0.2) is 4.57 Å². The van der Waals surface area contributed by atoms with Crippen LogP contribution in [0, 0.1) is 0 Å². The number of rotatable bonds is 4. The van der Waals surface area contributed by atoms with Gasteiger partial charge in [0.25, 0.3) is 0 Å². The van der Waals surface area contributed by atoms with Crippen molar-refractivity contribution in [3.8, 4) is 0 Å². The molecule has 0 fully saturated rings. The predicted octanol–water partition coefficient (Wildman–Crippen LogP) is -0.152. The summed E-state index contributed by atoms with van der Waals surface area (Å²) in [6.45, 7) is 2.82. The summed E-state index contributed by atoms with van der Waals surface area (Å²) in [7, 11) is -0.933. The maximum absolute atomic E-state index is 11.1. The molecular weight excluding hydrogens is 212 g/mol. The largest absolute Gasteiger partial charge is 0.350 e. The van der Waals surface area contributed by atoms with Crippen LogP contribution in [-0.2, 0) is 22.1 Å². The Balaban J connectivity index is 2.50. The number of hydrogen-bond acceptors (Lipinski definition) is 2. The lowest BCUT2D eigenvalue weighted by Gasteiger charge is -1.99. The first kappa shape index (κ1) is 11.8. The number of amides is 1. The molecule has 0 aliphatic heterocycles. The number of aromatic nitrogens is 1. The number of carbonyl (C=O) groups is 1. The summed E-state index contributed by atoms with van der Waals surface area (Å²) in [5.41, 5.74) is 0. The molecule has 1 heterocycles. The van der Waals surface area contributed by atoms with Gasteiger partial charge in [0.05, 0.1) is 22.2 Å². The zero-order valence-electron chi connectivity index (χ0n) is 8.90. The molecule has 0 saturated heterocycles. The molecule has 82 valence electrons. The summed E-state index contributed by atoms with van der Waals surface area (Å²) in [4.78, 5) is 11.4. The highest BCUT2D eigenvalue weighted by atomic mass is 32.2. The van der Waals surface area contributed by atoms with Crippen molar-refractivity contribution in [1.29, 1.82) is 0 Å². The van der Waals surface area contributed by atoms with Gasteiger partial charge < -0.3 is 5.32 Å². The Morgan fingerprint density at radius 3 is 2.53 bits per heavy atom. The van der Waals surface area contributed by atoms with Crippen LogP contribution in [0.5, 0.6) is 0 Å². The van der Waals surface area contributed by atoms with Gasteiger partial charge in [-0.2, -0.15) is 0 Å². The third-order valence-electron chi connectivity index (χ3n) is 1.94. The van der Waals surface area contributed by atoms with Crippen LogP contribution in [0.3, 0.4) is 0 Å². The first-order chi connectivity index (χ1) is 7.09. The Morgan fingerprint density at radius 1 is 1.47 bits per heavy atom. The number of carbonyl (C=O) groups excluding carboxylic acids is 1. The lowest BCUT2D eigenvalue weighted by molar-refractivity contribution is -0.695. The highest BCUT2D eigenvalue weighted by Gasteiger charge is 2.02. The minimum Gasteiger partial charge on any atom is -0.350 e. The molecule has 1 aromatic rings. The zero-order valence-corrected chi connectivity index (χ0v) is 9.71. The fraction of sp³-hybridized carbons (Fsp3) is 0.400. The second kappa shape index (κ2) is 5.60. The zero-order chi connectivity index (χ0) is 11.3. The molecule has 0 aliphatic carbocycles. The number of nitrogens with zero attached hydrogens (tertiary/aromatic N) is 1. The van der Waals surface area contributed by atoms with Crippen molar-refractivity contribution in [3.05, 3.63) is 24.5 Å². The van der Waals surface area contributed by atoms with Gasteiger partial charge >= 0.3 is 0 Å². The van der Waals surface area contributed by atoms with E-state index < -0.39 is 10.8 Å². The Morgan fingerprint density at radius 2 is 2.07 bits per heavy atom. The fourth-order valence-corrected chi connectivity index (χ4v) is 1.65. The standard InChI is InChI=1S/C10H14N2O2S/c1-9(13)11-5-8-12-6-3-10(4-7-12)15(2)14/h3-4,6-7H,5,8H2,1-2H3/p+1. The van der Waals surface area contributed by atoms with Crippen LogP contribution >= 0.6 is 0 Å². The summed E-state index contributed by atoms with van der Waals surface area (Å²) >= 11 is 0. The van der Waals surface area contributed by atoms with E-state index in [1.807, 2.05) is 29.1 Å². The fourth-order valence-electron chi connectivity index (χ4n) is 1.15. The molecule has 1 rings (SSSR count). The lowest BCUT2D eigenvalue weighted by atomic mass is 10.4. The van der Waals surface area contributed by atoms with Crippen LogP contribution in [0.2, 0.25) is 0 Å². The molecule has 5 heteroatoms. The van der Waals surface area contributed by atoms with Crippen LogP contribution in [0.15, 0.2) is 29.4 Å². The summed E-state index contributed by atoms with van der Waals surface area (Å²) in [5.74, 6) is -0.0260. The number of pyridine rings is 1. The second-order valence-electron chi connectivity index (χ2n) is 3.21. The highest BCUT2D eigenvalue weighted by molar-refractivity contribution is 7.84. The quantitative estimate of drug-likeness (QED) is 0.727. The van der Waals surface area contributed by atoms with Crippen molar-refractivity contribution < 1.29 is 13.6 Å². The summed E-state index contributed by atoms with van der Waals surface area (Å²) in [6.07, 6.45) is 5.37. The minimum atomic E-state index is -0.933. The van der Waals surface area contributed by atoms with Crippen LogP contribution in [0.4, 0.5) is 0 Å². The summed E-state index contributed by atoms with van der Waals surface area (Å²) in [6, 6.07) is 3.65. The van der Waals surface area contributed by atoms with Crippen molar-refractivity contribution in [2.45, 2.75) is 18.4 Å². The number of nitrogens with one attached hydrogen (secondary N) is 1. The third kappa shape index (κ3) is 4.20. The normalized spacial score (nSPS) is 12.1. The van der Waals surface area contributed by atoms with Gasteiger partial charge in [0.1, 0.15) is 0 Å². The molecule has 1 atom stereocenters. The minimum absolute atomic E-state index is 0.0260. The van der Waals surface area contributed by atoms with Crippen LogP contribution in [0.25, 0.3) is 0 Å². The molecule has 1 N–H and O–H groups in total. The van der Waals surface area contributed by atoms with E-state index in [1.54, 1.807) is 6.26 Å². The Labute approximate surface area is 91.8 Å². The molecule has 0 spiro atoms. The molecule has 0 radical (unpaired) electrons. The van der Waals surface area contributed by atoms with Gasteiger partial charge in [-0.15, -0.1) is 0 Å². The molecule has 4 nitrogen and oxygen atoms in total. The van der Waals surface area contributed by atoms with Gasteiger partial charge in [-0.05, 0) is 0 Å². The monoisotopic (exact) mass is 227 g/mol. The highest BCUT2D eigenvalue weighted by Crippen LogP contribution is 1.99. The van der Waals surface area contributed by atoms with Gasteiger partial charge in [0.2, 0.25) is 5.91 Å².